The zero-order chi connectivity index (χ0) is 13.6. The smallest absolute Gasteiger partial charge is 0.323 e. The Balaban J connectivity index is 2.49. The van der Waals surface area contributed by atoms with Crippen LogP contribution in [-0.4, -0.2) is 29.8 Å². The third kappa shape index (κ3) is 4.25. The predicted molar refractivity (Wildman–Crippen MR) is 68.0 cm³/mol. The van der Waals surface area contributed by atoms with E-state index in [2.05, 4.69) is 0 Å². The van der Waals surface area contributed by atoms with Crippen LogP contribution in [0.4, 0.5) is 0 Å². The van der Waals surface area contributed by atoms with Crippen LogP contribution in [0, 0.1) is 0 Å². The van der Waals surface area contributed by atoms with Crippen molar-refractivity contribution in [2.75, 3.05) is 13.2 Å². The maximum absolute atomic E-state index is 10.8. The highest BCUT2D eigenvalue weighted by molar-refractivity contribution is 5.77. The van der Waals surface area contributed by atoms with Crippen LogP contribution in [0.5, 0.6) is 11.5 Å². The van der Waals surface area contributed by atoms with Crippen molar-refractivity contribution in [2.24, 2.45) is 5.73 Å². The summed E-state index contributed by atoms with van der Waals surface area (Å²) in [7, 11) is 0. The molecular weight excluding hydrogens is 234 g/mol. The van der Waals surface area contributed by atoms with Gasteiger partial charge in [0, 0.05) is 12.5 Å². The number of aliphatic carboxylic acids is 1. The summed E-state index contributed by atoms with van der Waals surface area (Å²) in [5, 5.41) is 8.85. The topological polar surface area (TPSA) is 81.8 Å². The average Bonchev–Trinajstić information content (AvgIpc) is 2.29. The fourth-order valence-corrected chi connectivity index (χ4v) is 1.31. The Labute approximate surface area is 107 Å². The second-order valence-corrected chi connectivity index (χ2v) is 4.23. The van der Waals surface area contributed by atoms with Crippen molar-refractivity contribution in [1.29, 1.82) is 0 Å². The summed E-state index contributed by atoms with van der Waals surface area (Å²) in [4.78, 5) is 10.8. The Hall–Kier alpha value is -1.75. The van der Waals surface area contributed by atoms with Gasteiger partial charge in [-0.15, -0.1) is 0 Å². The lowest BCUT2D eigenvalue weighted by Gasteiger charge is -2.19. The molecule has 0 aliphatic carbocycles. The van der Waals surface area contributed by atoms with Gasteiger partial charge in [0.1, 0.15) is 17.0 Å². The minimum atomic E-state index is -1.27. The Bertz CT molecular complexity index is 404. The summed E-state index contributed by atoms with van der Waals surface area (Å²) in [5.41, 5.74) is 4.33. The first-order valence-electron chi connectivity index (χ1n) is 5.83. The number of ether oxygens (including phenoxy) is 2. The zero-order valence-electron chi connectivity index (χ0n) is 10.7. The molecule has 1 rings (SSSR count). The van der Waals surface area contributed by atoms with Gasteiger partial charge < -0.3 is 20.3 Å². The summed E-state index contributed by atoms with van der Waals surface area (Å²) in [6, 6.07) is 7.20. The second-order valence-electron chi connectivity index (χ2n) is 4.23. The van der Waals surface area contributed by atoms with Crippen molar-refractivity contribution < 1.29 is 19.4 Å². The molecule has 0 fully saturated rings. The molecule has 5 nitrogen and oxygen atoms in total. The molecule has 1 atom stereocenters. The number of nitrogens with two attached hydrogens (primary N) is 1. The van der Waals surface area contributed by atoms with Crippen molar-refractivity contribution in [1.82, 2.24) is 0 Å². The van der Waals surface area contributed by atoms with Crippen LogP contribution in [0.3, 0.4) is 0 Å². The SMILES string of the molecule is CCOc1cccc(OCCC(C)(N)C(=O)O)c1. The quantitative estimate of drug-likeness (QED) is 0.772. The van der Waals surface area contributed by atoms with E-state index in [1.54, 1.807) is 12.1 Å². The molecule has 0 saturated heterocycles. The molecule has 5 heteroatoms. The number of benzene rings is 1. The molecule has 0 spiro atoms. The molecule has 0 aliphatic heterocycles. The van der Waals surface area contributed by atoms with Crippen LogP contribution in [0.25, 0.3) is 0 Å². The van der Waals surface area contributed by atoms with Crippen molar-refractivity contribution in [3.05, 3.63) is 24.3 Å². The van der Waals surface area contributed by atoms with Gasteiger partial charge in [0.15, 0.2) is 0 Å². The molecule has 1 aromatic carbocycles. The van der Waals surface area contributed by atoms with E-state index in [0.29, 0.717) is 12.4 Å². The molecule has 1 unspecified atom stereocenters. The minimum Gasteiger partial charge on any atom is -0.494 e. The lowest BCUT2D eigenvalue weighted by atomic mass is 10.0. The van der Waals surface area contributed by atoms with Gasteiger partial charge in [-0.25, -0.2) is 0 Å². The molecule has 0 aromatic heterocycles. The van der Waals surface area contributed by atoms with Crippen LogP contribution in [0.1, 0.15) is 20.3 Å². The highest BCUT2D eigenvalue weighted by atomic mass is 16.5. The van der Waals surface area contributed by atoms with Gasteiger partial charge in [-0.05, 0) is 26.0 Å². The van der Waals surface area contributed by atoms with E-state index >= 15 is 0 Å². The first-order valence-corrected chi connectivity index (χ1v) is 5.83. The molecule has 0 bridgehead atoms. The molecule has 18 heavy (non-hydrogen) atoms. The zero-order valence-corrected chi connectivity index (χ0v) is 10.7. The van der Waals surface area contributed by atoms with E-state index in [-0.39, 0.29) is 13.0 Å². The lowest BCUT2D eigenvalue weighted by Crippen LogP contribution is -2.45. The minimum absolute atomic E-state index is 0.237. The lowest BCUT2D eigenvalue weighted by molar-refractivity contribution is -0.143. The number of rotatable bonds is 7. The van der Waals surface area contributed by atoms with Crippen molar-refractivity contribution >= 4 is 5.97 Å². The number of carboxylic acid groups (broad SMARTS) is 1. The third-order valence-electron chi connectivity index (χ3n) is 2.50. The van der Waals surface area contributed by atoms with Gasteiger partial charge in [-0.2, -0.15) is 0 Å². The molecule has 0 amide bonds. The summed E-state index contributed by atoms with van der Waals surface area (Å²) in [5.74, 6) is 0.333. The number of hydrogen-bond acceptors (Lipinski definition) is 4. The van der Waals surface area contributed by atoms with E-state index in [1.165, 1.54) is 6.92 Å². The largest absolute Gasteiger partial charge is 0.494 e. The highest BCUT2D eigenvalue weighted by Crippen LogP contribution is 2.20. The average molecular weight is 253 g/mol. The maximum atomic E-state index is 10.8. The third-order valence-corrected chi connectivity index (χ3v) is 2.50. The van der Waals surface area contributed by atoms with E-state index in [0.717, 1.165) is 5.75 Å². The molecule has 1 aromatic rings. The Morgan fingerprint density at radius 3 is 2.56 bits per heavy atom. The molecule has 0 radical (unpaired) electrons. The fourth-order valence-electron chi connectivity index (χ4n) is 1.31. The normalized spacial score (nSPS) is 13.7. The van der Waals surface area contributed by atoms with Crippen LogP contribution in [0.2, 0.25) is 0 Å². The first-order chi connectivity index (χ1) is 8.45. The Kier molecular flexibility index (Phi) is 4.97. The standard InChI is InChI=1S/C13H19NO4/c1-3-17-10-5-4-6-11(9-10)18-8-7-13(2,14)12(15)16/h4-6,9H,3,7-8,14H2,1-2H3,(H,15,16). The van der Waals surface area contributed by atoms with E-state index in [1.807, 2.05) is 19.1 Å². The number of carboxylic acids is 1. The number of carbonyl (C=O) groups is 1. The van der Waals surface area contributed by atoms with E-state index in [9.17, 15) is 4.79 Å². The molecule has 0 saturated carbocycles. The van der Waals surface area contributed by atoms with E-state index < -0.39 is 11.5 Å². The molecule has 0 heterocycles. The van der Waals surface area contributed by atoms with Crippen molar-refractivity contribution in [3.63, 3.8) is 0 Å². The maximum Gasteiger partial charge on any atom is 0.323 e. The van der Waals surface area contributed by atoms with Gasteiger partial charge in [-0.3, -0.25) is 4.79 Å². The first kappa shape index (κ1) is 14.3. The highest BCUT2D eigenvalue weighted by Gasteiger charge is 2.27. The monoisotopic (exact) mass is 253 g/mol. The molecule has 100 valence electrons. The fraction of sp³-hybridized carbons (Fsp3) is 0.462. The van der Waals surface area contributed by atoms with Gasteiger partial charge >= 0.3 is 5.97 Å². The van der Waals surface area contributed by atoms with Gasteiger partial charge in [0.2, 0.25) is 0 Å². The summed E-state index contributed by atoms with van der Waals surface area (Å²) < 4.78 is 10.8. The van der Waals surface area contributed by atoms with Crippen LogP contribution in [0.15, 0.2) is 24.3 Å². The second kappa shape index (κ2) is 6.26. The predicted octanol–water partition coefficient (Wildman–Crippen LogP) is 1.66. The number of hydrogen-bond donors (Lipinski definition) is 2. The molecular formula is C13H19NO4. The molecule has 0 aliphatic rings. The van der Waals surface area contributed by atoms with Crippen LogP contribution >= 0.6 is 0 Å². The van der Waals surface area contributed by atoms with Gasteiger partial charge in [0.25, 0.3) is 0 Å². The summed E-state index contributed by atoms with van der Waals surface area (Å²) >= 11 is 0. The van der Waals surface area contributed by atoms with Gasteiger partial charge in [-0.1, -0.05) is 6.07 Å². The Morgan fingerprint density at radius 1 is 1.39 bits per heavy atom. The van der Waals surface area contributed by atoms with E-state index in [4.69, 9.17) is 20.3 Å². The Morgan fingerprint density at radius 2 is 2.00 bits per heavy atom. The summed E-state index contributed by atoms with van der Waals surface area (Å²) in [6.45, 7) is 4.20. The van der Waals surface area contributed by atoms with Crippen molar-refractivity contribution in [3.8, 4) is 11.5 Å². The van der Waals surface area contributed by atoms with Crippen LogP contribution < -0.4 is 15.2 Å². The van der Waals surface area contributed by atoms with Crippen LogP contribution in [-0.2, 0) is 4.79 Å². The van der Waals surface area contributed by atoms with Crippen molar-refractivity contribution in [2.45, 2.75) is 25.8 Å². The van der Waals surface area contributed by atoms with Gasteiger partial charge in [0.05, 0.1) is 13.2 Å². The molecule has 3 N–H and O–H groups in total. The summed E-state index contributed by atoms with van der Waals surface area (Å²) in [6.07, 6.45) is 0.237.